The molecule has 21 heavy (non-hydrogen) atoms. The van der Waals surface area contributed by atoms with E-state index in [1.54, 1.807) is 13.3 Å². The van der Waals surface area contributed by atoms with Gasteiger partial charge in [0.1, 0.15) is 5.75 Å². The zero-order chi connectivity index (χ0) is 15.2. The van der Waals surface area contributed by atoms with Gasteiger partial charge in [0, 0.05) is 0 Å². The van der Waals surface area contributed by atoms with Crippen LogP contribution in [-0.2, 0) is 6.54 Å². The molecule has 0 aliphatic carbocycles. The van der Waals surface area contributed by atoms with Crippen LogP contribution in [0, 0.1) is 6.92 Å². The van der Waals surface area contributed by atoms with Crippen LogP contribution in [0.4, 0.5) is 0 Å². The van der Waals surface area contributed by atoms with Gasteiger partial charge in [0.15, 0.2) is 0 Å². The molecule has 1 aromatic heterocycles. The van der Waals surface area contributed by atoms with Crippen molar-refractivity contribution in [2.45, 2.75) is 32.9 Å². The fourth-order valence-corrected chi connectivity index (χ4v) is 2.36. The van der Waals surface area contributed by atoms with Crippen LogP contribution in [0.1, 0.15) is 30.6 Å². The lowest BCUT2D eigenvalue weighted by Crippen LogP contribution is -2.27. The average Bonchev–Trinajstić information content (AvgIpc) is 2.83. The summed E-state index contributed by atoms with van der Waals surface area (Å²) in [6.07, 6.45) is 2.79. The summed E-state index contributed by atoms with van der Waals surface area (Å²) >= 11 is 6.08. The summed E-state index contributed by atoms with van der Waals surface area (Å²) in [6, 6.07) is 8.35. The van der Waals surface area contributed by atoms with Gasteiger partial charge in [0.05, 0.1) is 36.6 Å². The zero-order valence-electron chi connectivity index (χ0n) is 12.8. The van der Waals surface area contributed by atoms with Crippen LogP contribution in [-0.4, -0.2) is 23.4 Å². The number of hydrogen-bond donors (Lipinski definition) is 1. The van der Waals surface area contributed by atoms with Crippen LogP contribution in [0.2, 0.25) is 5.02 Å². The quantitative estimate of drug-likeness (QED) is 0.849. The van der Waals surface area contributed by atoms with Gasteiger partial charge in [-0.1, -0.05) is 30.7 Å². The van der Waals surface area contributed by atoms with Crippen LogP contribution in [0.3, 0.4) is 0 Å². The summed E-state index contributed by atoms with van der Waals surface area (Å²) in [5.74, 6) is 0.867. The summed E-state index contributed by atoms with van der Waals surface area (Å²) in [7, 11) is 1.68. The second kappa shape index (κ2) is 7.48. The standard InChI is InChI=1S/C16H22ClN3O/c1-4-9-18-16(11-20-12(2)15(17)10-19-20)13-5-7-14(21-3)8-6-13/h5-8,10,16,18H,4,9,11H2,1-3H3. The molecular formula is C16H22ClN3O. The van der Waals surface area contributed by atoms with Gasteiger partial charge in [0.2, 0.25) is 0 Å². The first-order chi connectivity index (χ1) is 10.2. The number of rotatable bonds is 7. The average molecular weight is 308 g/mol. The maximum Gasteiger partial charge on any atom is 0.118 e. The van der Waals surface area contributed by atoms with E-state index in [1.807, 2.05) is 23.7 Å². The minimum Gasteiger partial charge on any atom is -0.497 e. The molecule has 1 heterocycles. The van der Waals surface area contributed by atoms with E-state index in [1.165, 1.54) is 5.56 Å². The molecule has 0 radical (unpaired) electrons. The van der Waals surface area contributed by atoms with Gasteiger partial charge in [-0.2, -0.15) is 5.10 Å². The van der Waals surface area contributed by atoms with Crippen LogP contribution in [0.5, 0.6) is 5.75 Å². The van der Waals surface area contributed by atoms with E-state index < -0.39 is 0 Å². The van der Waals surface area contributed by atoms with Gasteiger partial charge in [-0.25, -0.2) is 0 Å². The van der Waals surface area contributed by atoms with Crippen molar-refractivity contribution in [3.8, 4) is 5.75 Å². The molecule has 1 unspecified atom stereocenters. The molecule has 0 aliphatic rings. The van der Waals surface area contributed by atoms with Crippen molar-refractivity contribution < 1.29 is 4.74 Å². The fourth-order valence-electron chi connectivity index (χ4n) is 2.22. The number of halogens is 1. The van der Waals surface area contributed by atoms with E-state index in [0.29, 0.717) is 5.02 Å². The Hall–Kier alpha value is -1.52. The summed E-state index contributed by atoms with van der Waals surface area (Å²) in [5.41, 5.74) is 2.21. The highest BCUT2D eigenvalue weighted by Gasteiger charge is 2.14. The number of nitrogens with one attached hydrogen (secondary N) is 1. The van der Waals surface area contributed by atoms with Crippen molar-refractivity contribution in [1.29, 1.82) is 0 Å². The first-order valence-electron chi connectivity index (χ1n) is 7.21. The van der Waals surface area contributed by atoms with Crippen molar-refractivity contribution in [3.05, 3.63) is 46.7 Å². The highest BCUT2D eigenvalue weighted by molar-refractivity contribution is 6.31. The molecule has 1 aromatic carbocycles. The van der Waals surface area contributed by atoms with Gasteiger partial charge < -0.3 is 10.1 Å². The summed E-state index contributed by atoms with van der Waals surface area (Å²) in [5, 5.41) is 8.61. The molecule has 2 aromatic rings. The SMILES string of the molecule is CCCNC(Cn1ncc(Cl)c1C)c1ccc(OC)cc1. The molecule has 0 fully saturated rings. The molecule has 114 valence electrons. The molecule has 0 amide bonds. The Bertz CT molecular complexity index is 565. The fraction of sp³-hybridized carbons (Fsp3) is 0.438. The molecule has 0 aliphatic heterocycles. The van der Waals surface area contributed by atoms with Gasteiger partial charge >= 0.3 is 0 Å². The molecular weight excluding hydrogens is 286 g/mol. The first-order valence-corrected chi connectivity index (χ1v) is 7.58. The molecule has 5 heteroatoms. The van der Waals surface area contributed by atoms with Crippen molar-refractivity contribution in [2.24, 2.45) is 0 Å². The minimum absolute atomic E-state index is 0.200. The lowest BCUT2D eigenvalue weighted by molar-refractivity contribution is 0.412. The third-order valence-corrected chi connectivity index (χ3v) is 3.93. The Morgan fingerprint density at radius 1 is 1.33 bits per heavy atom. The number of nitrogens with zero attached hydrogens (tertiary/aromatic N) is 2. The Balaban J connectivity index is 2.18. The van der Waals surface area contributed by atoms with Crippen LogP contribution in [0.25, 0.3) is 0 Å². The van der Waals surface area contributed by atoms with Crippen molar-refractivity contribution in [3.63, 3.8) is 0 Å². The maximum atomic E-state index is 6.08. The van der Waals surface area contributed by atoms with E-state index in [-0.39, 0.29) is 6.04 Å². The molecule has 1 atom stereocenters. The summed E-state index contributed by atoms with van der Waals surface area (Å²) in [6.45, 7) is 5.87. The third kappa shape index (κ3) is 3.99. The minimum atomic E-state index is 0.200. The highest BCUT2D eigenvalue weighted by atomic mass is 35.5. The van der Waals surface area contributed by atoms with Crippen molar-refractivity contribution >= 4 is 11.6 Å². The monoisotopic (exact) mass is 307 g/mol. The van der Waals surface area contributed by atoms with Crippen LogP contribution >= 0.6 is 11.6 Å². The van der Waals surface area contributed by atoms with E-state index >= 15 is 0 Å². The second-order valence-corrected chi connectivity index (χ2v) is 5.45. The number of ether oxygens (including phenoxy) is 1. The smallest absolute Gasteiger partial charge is 0.118 e. The van der Waals surface area contributed by atoms with Gasteiger partial charge in [-0.15, -0.1) is 0 Å². The number of benzene rings is 1. The van der Waals surface area contributed by atoms with Crippen LogP contribution < -0.4 is 10.1 Å². The lowest BCUT2D eigenvalue weighted by atomic mass is 10.1. The normalized spacial score (nSPS) is 12.4. The Labute approximate surface area is 131 Å². The molecule has 0 spiro atoms. The summed E-state index contributed by atoms with van der Waals surface area (Å²) < 4.78 is 7.16. The van der Waals surface area contributed by atoms with Gasteiger partial charge in [-0.3, -0.25) is 4.68 Å². The third-order valence-electron chi connectivity index (χ3n) is 3.56. The largest absolute Gasteiger partial charge is 0.497 e. The van der Waals surface area contributed by atoms with E-state index in [0.717, 1.165) is 31.0 Å². The van der Waals surface area contributed by atoms with Gasteiger partial charge in [-0.05, 0) is 37.6 Å². The Morgan fingerprint density at radius 3 is 2.57 bits per heavy atom. The lowest BCUT2D eigenvalue weighted by Gasteiger charge is -2.20. The predicted octanol–water partition coefficient (Wildman–Crippen LogP) is 3.59. The molecule has 2 rings (SSSR count). The number of aromatic nitrogens is 2. The number of methoxy groups -OCH3 is 1. The second-order valence-electron chi connectivity index (χ2n) is 5.04. The summed E-state index contributed by atoms with van der Waals surface area (Å²) in [4.78, 5) is 0. The molecule has 0 bridgehead atoms. The topological polar surface area (TPSA) is 39.1 Å². The maximum absolute atomic E-state index is 6.08. The number of hydrogen-bond acceptors (Lipinski definition) is 3. The molecule has 4 nitrogen and oxygen atoms in total. The Morgan fingerprint density at radius 2 is 2.05 bits per heavy atom. The molecule has 1 N–H and O–H groups in total. The van der Waals surface area contributed by atoms with Crippen LogP contribution in [0.15, 0.2) is 30.5 Å². The van der Waals surface area contributed by atoms with Gasteiger partial charge in [0.25, 0.3) is 0 Å². The van der Waals surface area contributed by atoms with E-state index in [4.69, 9.17) is 16.3 Å². The first kappa shape index (κ1) is 15.9. The van der Waals surface area contributed by atoms with E-state index in [2.05, 4.69) is 29.5 Å². The molecule has 0 saturated carbocycles. The predicted molar refractivity (Wildman–Crippen MR) is 86.0 cm³/mol. The van der Waals surface area contributed by atoms with Crippen molar-refractivity contribution in [2.75, 3.05) is 13.7 Å². The zero-order valence-corrected chi connectivity index (χ0v) is 13.5. The highest BCUT2D eigenvalue weighted by Crippen LogP contribution is 2.21. The Kier molecular flexibility index (Phi) is 5.65. The van der Waals surface area contributed by atoms with Crippen molar-refractivity contribution in [1.82, 2.24) is 15.1 Å². The van der Waals surface area contributed by atoms with E-state index in [9.17, 15) is 0 Å². The molecule has 0 saturated heterocycles.